The van der Waals surface area contributed by atoms with Crippen molar-refractivity contribution in [1.82, 2.24) is 14.5 Å². The summed E-state index contributed by atoms with van der Waals surface area (Å²) in [4.78, 5) is 12.3. The summed E-state index contributed by atoms with van der Waals surface area (Å²) in [5.74, 6) is 0.710. The van der Waals surface area contributed by atoms with Crippen LogP contribution in [0.15, 0.2) is 59.7 Å². The van der Waals surface area contributed by atoms with Gasteiger partial charge in [0, 0.05) is 35.9 Å². The SMILES string of the molecule is Cn1c(/N=C/c2c[nH]c3ccccc23)nc2ccccc21. The molecule has 0 fully saturated rings. The van der Waals surface area contributed by atoms with E-state index in [1.807, 2.05) is 60.4 Å². The number of rotatable bonds is 2. The third-order valence-electron chi connectivity index (χ3n) is 3.70. The smallest absolute Gasteiger partial charge is 0.230 e. The minimum absolute atomic E-state index is 0.710. The molecule has 2 heterocycles. The molecule has 21 heavy (non-hydrogen) atoms. The van der Waals surface area contributed by atoms with Gasteiger partial charge in [-0.15, -0.1) is 0 Å². The molecule has 2 aromatic heterocycles. The van der Waals surface area contributed by atoms with Gasteiger partial charge in [-0.25, -0.2) is 9.98 Å². The fourth-order valence-electron chi connectivity index (χ4n) is 2.58. The van der Waals surface area contributed by atoms with Gasteiger partial charge in [-0.3, -0.25) is 0 Å². The summed E-state index contributed by atoms with van der Waals surface area (Å²) in [5.41, 5.74) is 4.23. The average molecular weight is 274 g/mol. The van der Waals surface area contributed by atoms with Crippen LogP contribution in [0.3, 0.4) is 0 Å². The number of aromatic nitrogens is 3. The van der Waals surface area contributed by atoms with E-state index in [1.165, 1.54) is 5.39 Å². The summed E-state index contributed by atoms with van der Waals surface area (Å²) in [7, 11) is 1.98. The van der Waals surface area contributed by atoms with Crippen molar-refractivity contribution < 1.29 is 0 Å². The second-order valence-corrected chi connectivity index (χ2v) is 5.01. The summed E-state index contributed by atoms with van der Waals surface area (Å²) in [6.07, 6.45) is 3.83. The number of para-hydroxylation sites is 3. The Hall–Kier alpha value is -2.88. The van der Waals surface area contributed by atoms with Crippen molar-refractivity contribution in [2.75, 3.05) is 0 Å². The molecule has 0 aliphatic heterocycles. The van der Waals surface area contributed by atoms with Gasteiger partial charge in [0.05, 0.1) is 11.0 Å². The number of imidazole rings is 1. The number of aliphatic imine (C=N–C) groups is 1. The Bertz CT molecular complexity index is 959. The molecule has 0 saturated heterocycles. The highest BCUT2D eigenvalue weighted by Gasteiger charge is 2.05. The standard InChI is InChI=1S/C17H14N4/c1-21-16-9-5-4-8-15(16)20-17(21)19-11-12-10-18-14-7-3-2-6-13(12)14/h2-11,18H,1H3/b19-11+. The quantitative estimate of drug-likeness (QED) is 0.555. The lowest BCUT2D eigenvalue weighted by Crippen LogP contribution is -1.87. The van der Waals surface area contributed by atoms with Gasteiger partial charge in [-0.05, 0) is 18.2 Å². The average Bonchev–Trinajstić information content (AvgIpc) is 3.07. The molecule has 4 nitrogen and oxygen atoms in total. The number of nitrogens with zero attached hydrogens (tertiary/aromatic N) is 3. The minimum atomic E-state index is 0.710. The van der Waals surface area contributed by atoms with E-state index in [-0.39, 0.29) is 0 Å². The van der Waals surface area contributed by atoms with Gasteiger partial charge in [-0.2, -0.15) is 0 Å². The van der Waals surface area contributed by atoms with Crippen molar-refractivity contribution in [3.63, 3.8) is 0 Å². The van der Waals surface area contributed by atoms with Crippen LogP contribution >= 0.6 is 0 Å². The Morgan fingerprint density at radius 2 is 1.90 bits per heavy atom. The Morgan fingerprint density at radius 3 is 2.81 bits per heavy atom. The van der Waals surface area contributed by atoms with Gasteiger partial charge in [-0.1, -0.05) is 30.3 Å². The molecule has 0 aliphatic carbocycles. The highest BCUT2D eigenvalue weighted by molar-refractivity contribution is 5.99. The fraction of sp³-hybridized carbons (Fsp3) is 0.0588. The van der Waals surface area contributed by atoms with Crippen molar-refractivity contribution in [1.29, 1.82) is 0 Å². The van der Waals surface area contributed by atoms with E-state index in [9.17, 15) is 0 Å². The molecule has 4 heteroatoms. The van der Waals surface area contributed by atoms with E-state index in [4.69, 9.17) is 0 Å². The number of nitrogens with one attached hydrogen (secondary N) is 1. The van der Waals surface area contributed by atoms with Crippen LogP contribution in [-0.2, 0) is 7.05 Å². The van der Waals surface area contributed by atoms with Crippen molar-refractivity contribution >= 4 is 34.1 Å². The largest absolute Gasteiger partial charge is 0.361 e. The summed E-state index contributed by atoms with van der Waals surface area (Å²) < 4.78 is 2.00. The lowest BCUT2D eigenvalue weighted by Gasteiger charge is -1.95. The number of aryl methyl sites for hydroxylation is 1. The molecule has 4 aromatic rings. The zero-order valence-corrected chi connectivity index (χ0v) is 11.6. The van der Waals surface area contributed by atoms with Gasteiger partial charge >= 0.3 is 0 Å². The van der Waals surface area contributed by atoms with E-state index >= 15 is 0 Å². The zero-order chi connectivity index (χ0) is 14.2. The van der Waals surface area contributed by atoms with E-state index in [0.29, 0.717) is 5.95 Å². The number of benzene rings is 2. The van der Waals surface area contributed by atoms with E-state index < -0.39 is 0 Å². The molecule has 0 amide bonds. The first-order valence-corrected chi connectivity index (χ1v) is 6.84. The van der Waals surface area contributed by atoms with Crippen LogP contribution < -0.4 is 0 Å². The van der Waals surface area contributed by atoms with Crippen LogP contribution in [0.5, 0.6) is 0 Å². The number of H-pyrrole nitrogens is 1. The molecular formula is C17H14N4. The van der Waals surface area contributed by atoms with Crippen molar-refractivity contribution in [2.45, 2.75) is 0 Å². The molecular weight excluding hydrogens is 260 g/mol. The summed E-state index contributed by atoms with van der Waals surface area (Å²) in [6, 6.07) is 16.2. The molecule has 0 unspecified atom stereocenters. The minimum Gasteiger partial charge on any atom is -0.361 e. The van der Waals surface area contributed by atoms with Crippen LogP contribution in [0.25, 0.3) is 21.9 Å². The highest BCUT2D eigenvalue weighted by Crippen LogP contribution is 2.21. The first-order valence-electron chi connectivity index (χ1n) is 6.84. The predicted octanol–water partition coefficient (Wildman–Crippen LogP) is 3.81. The molecule has 0 bridgehead atoms. The Labute approximate surface area is 121 Å². The van der Waals surface area contributed by atoms with Crippen LogP contribution in [0.4, 0.5) is 5.95 Å². The maximum Gasteiger partial charge on any atom is 0.230 e. The lowest BCUT2D eigenvalue weighted by molar-refractivity contribution is 0.945. The zero-order valence-electron chi connectivity index (χ0n) is 11.6. The van der Waals surface area contributed by atoms with Crippen molar-refractivity contribution in [2.24, 2.45) is 12.0 Å². The van der Waals surface area contributed by atoms with Crippen LogP contribution in [0.2, 0.25) is 0 Å². The number of aromatic amines is 1. The van der Waals surface area contributed by atoms with E-state index in [0.717, 1.165) is 22.1 Å². The van der Waals surface area contributed by atoms with Gasteiger partial charge in [0.15, 0.2) is 0 Å². The molecule has 102 valence electrons. The van der Waals surface area contributed by atoms with Crippen LogP contribution in [0, 0.1) is 0 Å². The molecule has 0 saturated carbocycles. The normalized spacial score (nSPS) is 11.9. The molecule has 4 rings (SSSR count). The maximum absolute atomic E-state index is 4.55. The molecule has 0 aliphatic rings. The fourth-order valence-corrected chi connectivity index (χ4v) is 2.58. The summed E-state index contributed by atoms with van der Waals surface area (Å²) in [6.45, 7) is 0. The second kappa shape index (κ2) is 4.59. The second-order valence-electron chi connectivity index (χ2n) is 5.01. The summed E-state index contributed by atoms with van der Waals surface area (Å²) in [5, 5.41) is 1.17. The van der Waals surface area contributed by atoms with Gasteiger partial charge < -0.3 is 9.55 Å². The number of fused-ring (bicyclic) bond motifs is 2. The maximum atomic E-state index is 4.55. The first-order chi connectivity index (χ1) is 10.3. The van der Waals surface area contributed by atoms with E-state index in [2.05, 4.69) is 27.1 Å². The first kappa shape index (κ1) is 11.9. The molecule has 0 atom stereocenters. The third kappa shape index (κ3) is 1.92. The number of hydrogen-bond donors (Lipinski definition) is 1. The Kier molecular flexibility index (Phi) is 2.60. The van der Waals surface area contributed by atoms with Gasteiger partial charge in [0.2, 0.25) is 5.95 Å². The van der Waals surface area contributed by atoms with Gasteiger partial charge in [0.1, 0.15) is 0 Å². The van der Waals surface area contributed by atoms with E-state index in [1.54, 1.807) is 0 Å². The third-order valence-corrected chi connectivity index (χ3v) is 3.70. The predicted molar refractivity (Wildman–Crippen MR) is 86.3 cm³/mol. The molecule has 0 radical (unpaired) electrons. The molecule has 2 aromatic carbocycles. The van der Waals surface area contributed by atoms with Crippen molar-refractivity contribution in [3.05, 3.63) is 60.3 Å². The Morgan fingerprint density at radius 1 is 1.10 bits per heavy atom. The highest BCUT2D eigenvalue weighted by atomic mass is 15.2. The lowest BCUT2D eigenvalue weighted by atomic mass is 10.2. The van der Waals surface area contributed by atoms with Crippen molar-refractivity contribution in [3.8, 4) is 0 Å². The number of hydrogen-bond acceptors (Lipinski definition) is 2. The van der Waals surface area contributed by atoms with Crippen LogP contribution in [-0.4, -0.2) is 20.7 Å². The topological polar surface area (TPSA) is 46.0 Å². The Balaban J connectivity index is 1.78. The molecule has 1 N–H and O–H groups in total. The van der Waals surface area contributed by atoms with Crippen LogP contribution in [0.1, 0.15) is 5.56 Å². The summed E-state index contributed by atoms with van der Waals surface area (Å²) >= 11 is 0. The monoisotopic (exact) mass is 274 g/mol. The van der Waals surface area contributed by atoms with Gasteiger partial charge in [0.25, 0.3) is 0 Å². The molecule has 0 spiro atoms.